The Bertz CT molecular complexity index is 1390. The zero-order chi connectivity index (χ0) is 24.2. The number of nitriles is 1. The van der Waals surface area contributed by atoms with Crippen LogP contribution in [0.1, 0.15) is 22.3 Å². The number of hydrogen-bond acceptors (Lipinski definition) is 5. The third-order valence-electron chi connectivity index (χ3n) is 5.26. The SMILES string of the molecule is Cc1ccc(N2C(=O)NC(=O)/C(=C/c3ccccc3OCc3ccccc3C#N)C2=O)cc1Cl. The van der Waals surface area contributed by atoms with Crippen LogP contribution >= 0.6 is 11.6 Å². The lowest BCUT2D eigenvalue weighted by molar-refractivity contribution is -0.122. The van der Waals surface area contributed by atoms with Crippen molar-refractivity contribution in [3.63, 3.8) is 0 Å². The highest BCUT2D eigenvalue weighted by atomic mass is 35.5. The standard InChI is InChI=1S/C26H18ClN3O4/c1-16-10-11-20(13-22(16)27)30-25(32)21(24(31)29-26(30)33)12-17-6-4-5-9-23(17)34-15-19-8-3-2-7-18(19)14-28/h2-13H,15H2,1H3,(H,29,31,33)/b21-12-. The van der Waals surface area contributed by atoms with Crippen molar-refractivity contribution in [2.45, 2.75) is 13.5 Å². The van der Waals surface area contributed by atoms with Gasteiger partial charge in [-0.05, 0) is 42.8 Å². The average molecular weight is 472 g/mol. The molecule has 0 bridgehead atoms. The summed E-state index contributed by atoms with van der Waals surface area (Å²) >= 11 is 6.16. The molecule has 0 saturated carbocycles. The van der Waals surface area contributed by atoms with Crippen molar-refractivity contribution in [1.82, 2.24) is 5.32 Å². The van der Waals surface area contributed by atoms with E-state index >= 15 is 0 Å². The van der Waals surface area contributed by atoms with E-state index in [0.717, 1.165) is 10.5 Å². The molecule has 168 valence electrons. The normalized spacial score (nSPS) is 14.7. The summed E-state index contributed by atoms with van der Waals surface area (Å²) in [6, 6.07) is 19.9. The minimum atomic E-state index is -0.857. The zero-order valence-corrected chi connectivity index (χ0v) is 18.8. The molecule has 0 aliphatic carbocycles. The Hall–Kier alpha value is -4.41. The number of anilines is 1. The Labute approximate surface area is 200 Å². The van der Waals surface area contributed by atoms with Gasteiger partial charge in [-0.1, -0.05) is 54.1 Å². The molecule has 0 radical (unpaired) electrons. The first-order valence-corrected chi connectivity index (χ1v) is 10.6. The molecule has 0 atom stereocenters. The number of urea groups is 1. The zero-order valence-electron chi connectivity index (χ0n) is 18.0. The number of nitrogens with one attached hydrogen (secondary N) is 1. The second-order valence-corrected chi connectivity index (χ2v) is 7.89. The van der Waals surface area contributed by atoms with Gasteiger partial charge in [-0.15, -0.1) is 0 Å². The predicted octanol–water partition coefficient (Wildman–Crippen LogP) is 4.77. The number of benzene rings is 3. The van der Waals surface area contributed by atoms with Crippen LogP contribution in [-0.2, 0) is 16.2 Å². The maximum Gasteiger partial charge on any atom is 0.335 e. The third-order valence-corrected chi connectivity index (χ3v) is 5.66. The van der Waals surface area contributed by atoms with Gasteiger partial charge in [-0.3, -0.25) is 14.9 Å². The fourth-order valence-corrected chi connectivity index (χ4v) is 3.59. The number of nitrogens with zero attached hydrogens (tertiary/aromatic N) is 2. The lowest BCUT2D eigenvalue weighted by Crippen LogP contribution is -2.54. The molecule has 3 aromatic rings. The number of rotatable bonds is 5. The Morgan fingerprint density at radius 3 is 2.56 bits per heavy atom. The smallest absolute Gasteiger partial charge is 0.335 e. The van der Waals surface area contributed by atoms with Crippen LogP contribution in [0.25, 0.3) is 6.08 Å². The molecule has 3 aromatic carbocycles. The minimum Gasteiger partial charge on any atom is -0.488 e. The van der Waals surface area contributed by atoms with Crippen molar-refractivity contribution in [3.8, 4) is 11.8 Å². The molecule has 4 amide bonds. The fraction of sp³-hybridized carbons (Fsp3) is 0.0769. The van der Waals surface area contributed by atoms with Crippen molar-refractivity contribution in [2.24, 2.45) is 0 Å². The molecular weight excluding hydrogens is 454 g/mol. The molecule has 1 saturated heterocycles. The van der Waals surface area contributed by atoms with Crippen LogP contribution < -0.4 is 15.0 Å². The van der Waals surface area contributed by atoms with E-state index in [-0.39, 0.29) is 17.9 Å². The van der Waals surface area contributed by atoms with E-state index in [1.54, 1.807) is 67.6 Å². The Balaban J connectivity index is 1.66. The number of imide groups is 2. The summed E-state index contributed by atoms with van der Waals surface area (Å²) in [5.74, 6) is -1.18. The van der Waals surface area contributed by atoms with Crippen molar-refractivity contribution >= 4 is 41.2 Å². The van der Waals surface area contributed by atoms with E-state index in [0.29, 0.717) is 27.5 Å². The van der Waals surface area contributed by atoms with Crippen molar-refractivity contribution in [2.75, 3.05) is 4.90 Å². The highest BCUT2D eigenvalue weighted by molar-refractivity contribution is 6.39. The number of carbonyl (C=O) groups is 3. The predicted molar refractivity (Wildman–Crippen MR) is 127 cm³/mol. The van der Waals surface area contributed by atoms with Gasteiger partial charge in [0.1, 0.15) is 17.9 Å². The van der Waals surface area contributed by atoms with Gasteiger partial charge in [-0.2, -0.15) is 5.26 Å². The molecule has 34 heavy (non-hydrogen) atoms. The first-order valence-electron chi connectivity index (χ1n) is 10.3. The van der Waals surface area contributed by atoms with Crippen LogP contribution in [0.15, 0.2) is 72.3 Å². The maximum atomic E-state index is 13.2. The first kappa shape index (κ1) is 22.8. The molecule has 1 aliphatic rings. The summed E-state index contributed by atoms with van der Waals surface area (Å²) in [7, 11) is 0. The second-order valence-electron chi connectivity index (χ2n) is 7.49. The number of amides is 4. The molecule has 4 rings (SSSR count). The van der Waals surface area contributed by atoms with E-state index in [4.69, 9.17) is 16.3 Å². The largest absolute Gasteiger partial charge is 0.488 e. The van der Waals surface area contributed by atoms with Gasteiger partial charge in [-0.25, -0.2) is 9.69 Å². The Kier molecular flexibility index (Phi) is 6.44. The summed E-state index contributed by atoms with van der Waals surface area (Å²) in [5, 5.41) is 11.9. The Morgan fingerprint density at radius 1 is 1.06 bits per heavy atom. The van der Waals surface area contributed by atoms with Crippen LogP contribution in [0.2, 0.25) is 5.02 Å². The van der Waals surface area contributed by atoms with Gasteiger partial charge in [0, 0.05) is 16.1 Å². The summed E-state index contributed by atoms with van der Waals surface area (Å²) in [6.45, 7) is 1.92. The molecule has 1 aliphatic heterocycles. The monoisotopic (exact) mass is 471 g/mol. The quantitative estimate of drug-likeness (QED) is 0.427. The van der Waals surface area contributed by atoms with Crippen LogP contribution in [0.4, 0.5) is 10.5 Å². The summed E-state index contributed by atoms with van der Waals surface area (Å²) in [6.07, 6.45) is 1.37. The van der Waals surface area contributed by atoms with Crippen molar-refractivity contribution in [3.05, 3.63) is 99.6 Å². The molecule has 1 heterocycles. The molecule has 8 heteroatoms. The van der Waals surface area contributed by atoms with Crippen LogP contribution in [0.5, 0.6) is 5.75 Å². The molecular formula is C26H18ClN3O4. The van der Waals surface area contributed by atoms with Gasteiger partial charge in [0.05, 0.1) is 17.3 Å². The number of para-hydroxylation sites is 1. The van der Waals surface area contributed by atoms with Crippen LogP contribution in [0.3, 0.4) is 0 Å². The fourth-order valence-electron chi connectivity index (χ4n) is 3.41. The number of ether oxygens (including phenoxy) is 1. The van der Waals surface area contributed by atoms with E-state index in [9.17, 15) is 19.6 Å². The highest BCUT2D eigenvalue weighted by Crippen LogP contribution is 2.28. The van der Waals surface area contributed by atoms with E-state index in [1.165, 1.54) is 12.1 Å². The lowest BCUT2D eigenvalue weighted by atomic mass is 10.1. The topological polar surface area (TPSA) is 99.5 Å². The molecule has 1 fully saturated rings. The van der Waals surface area contributed by atoms with Gasteiger partial charge >= 0.3 is 6.03 Å². The van der Waals surface area contributed by atoms with Gasteiger partial charge in [0.2, 0.25) is 0 Å². The van der Waals surface area contributed by atoms with Crippen molar-refractivity contribution in [1.29, 1.82) is 5.26 Å². The number of hydrogen-bond donors (Lipinski definition) is 1. The lowest BCUT2D eigenvalue weighted by Gasteiger charge is -2.26. The molecule has 1 N–H and O–H groups in total. The van der Waals surface area contributed by atoms with E-state index < -0.39 is 17.8 Å². The molecule has 0 aromatic heterocycles. The van der Waals surface area contributed by atoms with Gasteiger partial charge in [0.15, 0.2) is 0 Å². The number of aryl methyl sites for hydroxylation is 1. The number of barbiturate groups is 1. The summed E-state index contributed by atoms with van der Waals surface area (Å²) in [4.78, 5) is 39.0. The average Bonchev–Trinajstić information content (AvgIpc) is 2.83. The Morgan fingerprint density at radius 2 is 1.79 bits per heavy atom. The van der Waals surface area contributed by atoms with E-state index in [1.807, 2.05) is 0 Å². The number of carbonyl (C=O) groups excluding carboxylic acids is 3. The van der Waals surface area contributed by atoms with E-state index in [2.05, 4.69) is 11.4 Å². The van der Waals surface area contributed by atoms with Gasteiger partial charge < -0.3 is 4.74 Å². The minimum absolute atomic E-state index is 0.122. The summed E-state index contributed by atoms with van der Waals surface area (Å²) < 4.78 is 5.90. The number of halogens is 1. The molecule has 0 unspecified atom stereocenters. The maximum absolute atomic E-state index is 13.2. The van der Waals surface area contributed by atoms with Gasteiger partial charge in [0.25, 0.3) is 11.8 Å². The van der Waals surface area contributed by atoms with Crippen LogP contribution in [0, 0.1) is 18.3 Å². The van der Waals surface area contributed by atoms with Crippen molar-refractivity contribution < 1.29 is 19.1 Å². The molecule has 0 spiro atoms. The first-order chi connectivity index (χ1) is 16.4. The second kappa shape index (κ2) is 9.61. The van der Waals surface area contributed by atoms with Crippen LogP contribution in [-0.4, -0.2) is 17.8 Å². The third kappa shape index (κ3) is 4.53. The molecule has 7 nitrogen and oxygen atoms in total. The summed E-state index contributed by atoms with van der Waals surface area (Å²) in [5.41, 5.74) is 2.45. The highest BCUT2D eigenvalue weighted by Gasteiger charge is 2.37.